The zero-order valence-corrected chi connectivity index (χ0v) is 15.4. The van der Waals surface area contributed by atoms with Crippen molar-refractivity contribution in [1.82, 2.24) is 0 Å². The summed E-state index contributed by atoms with van der Waals surface area (Å²) in [5.74, 6) is 1.37. The van der Waals surface area contributed by atoms with Crippen molar-refractivity contribution in [1.29, 1.82) is 0 Å². The maximum Gasteiger partial charge on any atom is 0.320 e. The monoisotopic (exact) mass is 358 g/mol. The highest BCUT2D eigenvalue weighted by atomic mass is 16.6. The minimum Gasteiger partial charge on any atom is -0.462 e. The molecule has 2 bridgehead atoms. The summed E-state index contributed by atoms with van der Waals surface area (Å²) in [6, 6.07) is 0. The molecule has 6 aliphatic rings. The van der Waals surface area contributed by atoms with Crippen LogP contribution in [0.2, 0.25) is 0 Å². The Morgan fingerprint density at radius 3 is 2.73 bits per heavy atom. The van der Waals surface area contributed by atoms with E-state index in [1.54, 1.807) is 0 Å². The number of carbonyl (C=O) groups excluding carboxylic acids is 3. The average molecular weight is 358 g/mol. The van der Waals surface area contributed by atoms with Gasteiger partial charge in [-0.25, -0.2) is 0 Å². The summed E-state index contributed by atoms with van der Waals surface area (Å²) in [4.78, 5) is 37.1. The molecule has 2 heterocycles. The van der Waals surface area contributed by atoms with Gasteiger partial charge in [-0.2, -0.15) is 0 Å². The molecule has 140 valence electrons. The molecule has 1 spiro atoms. The van der Waals surface area contributed by atoms with Gasteiger partial charge in [0.2, 0.25) is 0 Å². The largest absolute Gasteiger partial charge is 0.462 e. The minimum absolute atomic E-state index is 0.0883. The summed E-state index contributed by atoms with van der Waals surface area (Å²) in [6.45, 7) is 3.61. The fourth-order valence-corrected chi connectivity index (χ4v) is 6.94. The number of allylic oxidation sites excluding steroid dienone is 1. The van der Waals surface area contributed by atoms with Gasteiger partial charge in [0.15, 0.2) is 5.78 Å². The van der Waals surface area contributed by atoms with Gasteiger partial charge in [-0.15, -0.1) is 0 Å². The Kier molecular flexibility index (Phi) is 3.45. The SMILES string of the molecule is CC(=O)O[C@H]1[C@@H]2C=C[C@H]3CC4CC5CC(=O)[C@]4(C[C@H]3[C@@H]2C[C@H]1C)C(=O)O5. The van der Waals surface area contributed by atoms with Crippen LogP contribution in [-0.4, -0.2) is 29.9 Å². The second-order valence-electron chi connectivity index (χ2n) is 9.24. The number of fused-ring (bicyclic) bond motifs is 5. The zero-order valence-electron chi connectivity index (χ0n) is 15.4. The van der Waals surface area contributed by atoms with Crippen LogP contribution in [0, 0.1) is 40.9 Å². The maximum absolute atomic E-state index is 12.9. The Morgan fingerprint density at radius 2 is 2.00 bits per heavy atom. The van der Waals surface area contributed by atoms with Crippen molar-refractivity contribution in [3.05, 3.63) is 12.2 Å². The number of ether oxygens (including phenoxy) is 2. The number of esters is 2. The van der Waals surface area contributed by atoms with Crippen LogP contribution >= 0.6 is 0 Å². The van der Waals surface area contributed by atoms with E-state index in [0.717, 1.165) is 19.3 Å². The van der Waals surface area contributed by atoms with Crippen molar-refractivity contribution in [2.45, 2.75) is 58.2 Å². The van der Waals surface area contributed by atoms with Crippen molar-refractivity contribution in [2.24, 2.45) is 40.9 Å². The molecule has 0 amide bonds. The Labute approximate surface area is 153 Å². The van der Waals surface area contributed by atoms with Crippen LogP contribution in [0.4, 0.5) is 0 Å². The molecule has 3 saturated carbocycles. The third kappa shape index (κ3) is 2.06. The van der Waals surface area contributed by atoms with E-state index in [1.807, 2.05) is 0 Å². The van der Waals surface area contributed by atoms with E-state index in [4.69, 9.17) is 9.47 Å². The summed E-state index contributed by atoms with van der Waals surface area (Å²) < 4.78 is 11.2. The van der Waals surface area contributed by atoms with Crippen molar-refractivity contribution >= 4 is 17.7 Å². The molecule has 0 aromatic carbocycles. The maximum atomic E-state index is 12.9. The van der Waals surface area contributed by atoms with Crippen LogP contribution in [0.5, 0.6) is 0 Å². The lowest BCUT2D eigenvalue weighted by molar-refractivity contribution is -0.202. The van der Waals surface area contributed by atoms with E-state index in [-0.39, 0.29) is 41.8 Å². The number of ketones is 1. The Hall–Kier alpha value is -1.65. The van der Waals surface area contributed by atoms with Crippen LogP contribution in [-0.2, 0) is 23.9 Å². The van der Waals surface area contributed by atoms with E-state index >= 15 is 0 Å². The molecule has 0 radical (unpaired) electrons. The fourth-order valence-electron chi connectivity index (χ4n) is 6.94. The Morgan fingerprint density at radius 1 is 1.19 bits per heavy atom. The minimum atomic E-state index is -0.894. The third-order valence-corrected chi connectivity index (χ3v) is 7.97. The van der Waals surface area contributed by atoms with E-state index < -0.39 is 5.41 Å². The Balaban J connectivity index is 1.48. The van der Waals surface area contributed by atoms with E-state index in [1.165, 1.54) is 6.92 Å². The van der Waals surface area contributed by atoms with E-state index in [0.29, 0.717) is 36.5 Å². The molecule has 2 aliphatic heterocycles. The van der Waals surface area contributed by atoms with Crippen molar-refractivity contribution in [3.8, 4) is 0 Å². The van der Waals surface area contributed by atoms with Crippen molar-refractivity contribution in [2.75, 3.05) is 0 Å². The zero-order chi connectivity index (χ0) is 18.2. The van der Waals surface area contributed by atoms with Gasteiger partial charge in [-0.05, 0) is 55.3 Å². The molecule has 2 unspecified atom stereocenters. The molecule has 5 heteroatoms. The molecule has 5 fully saturated rings. The molecular formula is C21H26O5. The summed E-state index contributed by atoms with van der Waals surface area (Å²) in [7, 11) is 0. The lowest BCUT2D eigenvalue weighted by atomic mass is 9.49. The Bertz CT molecular complexity index is 691. The van der Waals surface area contributed by atoms with Gasteiger partial charge in [0.1, 0.15) is 17.6 Å². The van der Waals surface area contributed by atoms with Crippen LogP contribution in [0.1, 0.15) is 46.0 Å². The van der Waals surface area contributed by atoms with Gasteiger partial charge >= 0.3 is 11.9 Å². The summed E-state index contributed by atoms with van der Waals surface area (Å²) >= 11 is 0. The van der Waals surface area contributed by atoms with Crippen LogP contribution < -0.4 is 0 Å². The van der Waals surface area contributed by atoms with Crippen LogP contribution in [0.25, 0.3) is 0 Å². The molecule has 6 rings (SSSR count). The second-order valence-corrected chi connectivity index (χ2v) is 9.24. The number of rotatable bonds is 1. The molecule has 0 aromatic heterocycles. The van der Waals surface area contributed by atoms with Crippen LogP contribution in [0.15, 0.2) is 12.2 Å². The van der Waals surface area contributed by atoms with Gasteiger partial charge in [-0.3, -0.25) is 14.4 Å². The van der Waals surface area contributed by atoms with Gasteiger partial charge < -0.3 is 9.47 Å². The third-order valence-electron chi connectivity index (χ3n) is 7.97. The quantitative estimate of drug-likeness (QED) is 0.409. The number of Topliss-reactive ketones (excluding diaryl/α,β-unsaturated/α-hetero) is 1. The molecule has 0 aromatic rings. The lowest BCUT2D eigenvalue weighted by Gasteiger charge is -2.56. The average Bonchev–Trinajstić information content (AvgIpc) is 2.88. The van der Waals surface area contributed by atoms with Gasteiger partial charge in [0.05, 0.1) is 0 Å². The molecule has 0 N–H and O–H groups in total. The second kappa shape index (κ2) is 5.43. The number of hydrogen-bond donors (Lipinski definition) is 0. The summed E-state index contributed by atoms with van der Waals surface area (Å²) in [6.07, 6.45) is 8.01. The van der Waals surface area contributed by atoms with Crippen molar-refractivity contribution in [3.63, 3.8) is 0 Å². The number of carbonyl (C=O) groups is 3. The standard InChI is InChI=1S/C21H26O5/c1-10-5-16-15(19(10)25-11(2)22)4-3-12-6-13-7-14-8-18(23)21(13,9-17(12)16)20(24)26-14/h3-4,10,12-17,19H,5-9H2,1-2H3/t10-,12+,13?,14?,15-,16-,17-,19-,21-/m1/s1. The molecule has 2 saturated heterocycles. The first kappa shape index (κ1) is 16.5. The predicted molar refractivity (Wildman–Crippen MR) is 91.7 cm³/mol. The number of hydrogen-bond acceptors (Lipinski definition) is 5. The summed E-state index contributed by atoms with van der Waals surface area (Å²) in [5.41, 5.74) is -0.894. The molecule has 9 atom stereocenters. The first-order valence-corrected chi connectivity index (χ1v) is 10.00. The van der Waals surface area contributed by atoms with Gasteiger partial charge in [-0.1, -0.05) is 19.1 Å². The van der Waals surface area contributed by atoms with Gasteiger partial charge in [0, 0.05) is 19.3 Å². The summed E-state index contributed by atoms with van der Waals surface area (Å²) in [5, 5.41) is 0. The lowest BCUT2D eigenvalue weighted by Crippen LogP contribution is -2.62. The molecule has 26 heavy (non-hydrogen) atoms. The van der Waals surface area contributed by atoms with E-state index in [9.17, 15) is 14.4 Å². The van der Waals surface area contributed by atoms with Crippen LogP contribution in [0.3, 0.4) is 0 Å². The topological polar surface area (TPSA) is 69.7 Å². The normalized spacial score (nSPS) is 51.3. The van der Waals surface area contributed by atoms with Crippen molar-refractivity contribution < 1.29 is 23.9 Å². The molecule has 4 aliphatic carbocycles. The molecule has 5 nitrogen and oxygen atoms in total. The van der Waals surface area contributed by atoms with E-state index in [2.05, 4.69) is 19.1 Å². The fraction of sp³-hybridized carbons (Fsp3) is 0.762. The first-order valence-electron chi connectivity index (χ1n) is 10.00. The highest BCUT2D eigenvalue weighted by molar-refractivity contribution is 6.07. The highest BCUT2D eigenvalue weighted by Crippen LogP contribution is 2.61. The smallest absolute Gasteiger partial charge is 0.320 e. The molecular weight excluding hydrogens is 332 g/mol. The predicted octanol–water partition coefficient (Wildman–Crippen LogP) is 2.68. The highest BCUT2D eigenvalue weighted by Gasteiger charge is 2.66. The van der Waals surface area contributed by atoms with Gasteiger partial charge in [0.25, 0.3) is 0 Å². The first-order chi connectivity index (χ1) is 12.4.